The number of nitrogens with zero attached hydrogens (tertiary/aromatic N) is 1. The van der Waals surface area contributed by atoms with Crippen molar-refractivity contribution in [1.29, 1.82) is 0 Å². The monoisotopic (exact) mass is 286 g/mol. The summed E-state index contributed by atoms with van der Waals surface area (Å²) >= 11 is 0. The quantitative estimate of drug-likeness (QED) is 0.926. The van der Waals surface area contributed by atoms with E-state index in [9.17, 15) is 4.79 Å². The molecule has 1 aromatic rings. The molecule has 1 aromatic carbocycles. The topological polar surface area (TPSA) is 32.3 Å². The van der Waals surface area contributed by atoms with Crippen LogP contribution in [0, 0.1) is 13.8 Å². The van der Waals surface area contributed by atoms with Crippen molar-refractivity contribution in [2.24, 2.45) is 0 Å². The summed E-state index contributed by atoms with van der Waals surface area (Å²) in [5.41, 5.74) is 3.68. The molecule has 2 heterocycles. The van der Waals surface area contributed by atoms with Gasteiger partial charge in [0, 0.05) is 25.2 Å². The zero-order chi connectivity index (χ0) is 15.0. The molecule has 0 aliphatic carbocycles. The van der Waals surface area contributed by atoms with Crippen molar-refractivity contribution >= 4 is 5.91 Å². The fraction of sp³-hybridized carbons (Fsp3) is 0.611. The molecule has 0 spiro atoms. The highest BCUT2D eigenvalue weighted by molar-refractivity contribution is 5.79. The number of carbonyl (C=O) groups is 1. The van der Waals surface area contributed by atoms with Crippen LogP contribution in [0.3, 0.4) is 0 Å². The Kier molecular flexibility index (Phi) is 4.03. The Morgan fingerprint density at radius 1 is 1.19 bits per heavy atom. The van der Waals surface area contributed by atoms with Gasteiger partial charge in [-0.05, 0) is 56.2 Å². The summed E-state index contributed by atoms with van der Waals surface area (Å²) < 4.78 is 0. The van der Waals surface area contributed by atoms with E-state index in [1.165, 1.54) is 24.0 Å². The van der Waals surface area contributed by atoms with E-state index in [4.69, 9.17) is 0 Å². The second-order valence-corrected chi connectivity index (χ2v) is 6.86. The maximum atomic E-state index is 12.5. The van der Waals surface area contributed by atoms with Gasteiger partial charge in [-0.25, -0.2) is 0 Å². The molecule has 2 aliphatic heterocycles. The van der Waals surface area contributed by atoms with E-state index in [1.807, 2.05) is 11.9 Å². The third-order valence-electron chi connectivity index (χ3n) is 5.32. The molecule has 2 fully saturated rings. The minimum atomic E-state index is 0.254. The minimum absolute atomic E-state index is 0.254. The van der Waals surface area contributed by atoms with Crippen LogP contribution < -0.4 is 5.32 Å². The first-order valence-electron chi connectivity index (χ1n) is 8.11. The smallest absolute Gasteiger partial charge is 0.226 e. The number of carbonyl (C=O) groups excluding carboxylic acids is 1. The maximum absolute atomic E-state index is 12.5. The van der Waals surface area contributed by atoms with Gasteiger partial charge in [-0.2, -0.15) is 0 Å². The van der Waals surface area contributed by atoms with Crippen LogP contribution in [0.1, 0.15) is 42.4 Å². The van der Waals surface area contributed by atoms with Crippen molar-refractivity contribution in [2.75, 3.05) is 7.05 Å². The lowest BCUT2D eigenvalue weighted by Gasteiger charge is -2.35. The molecule has 21 heavy (non-hydrogen) atoms. The Bertz CT molecular complexity index is 528. The number of nitrogens with one attached hydrogen (secondary N) is 1. The van der Waals surface area contributed by atoms with Gasteiger partial charge in [0.2, 0.25) is 5.91 Å². The Labute approximate surface area is 127 Å². The molecule has 3 nitrogen and oxygen atoms in total. The zero-order valence-electron chi connectivity index (χ0n) is 13.4. The van der Waals surface area contributed by atoms with Crippen LogP contribution in [-0.2, 0) is 11.2 Å². The maximum Gasteiger partial charge on any atom is 0.226 e. The molecule has 0 saturated carbocycles. The lowest BCUT2D eigenvalue weighted by molar-refractivity contribution is -0.131. The molecule has 2 atom stereocenters. The van der Waals surface area contributed by atoms with Gasteiger partial charge in [-0.3, -0.25) is 4.79 Å². The van der Waals surface area contributed by atoms with E-state index < -0.39 is 0 Å². The molecule has 2 bridgehead atoms. The molecular formula is C18H26N2O. The molecule has 2 saturated heterocycles. The van der Waals surface area contributed by atoms with Crippen molar-refractivity contribution in [1.82, 2.24) is 10.2 Å². The first-order valence-corrected chi connectivity index (χ1v) is 8.11. The highest BCUT2D eigenvalue weighted by Crippen LogP contribution is 2.29. The van der Waals surface area contributed by atoms with Gasteiger partial charge in [-0.1, -0.05) is 18.2 Å². The number of fused-ring (bicyclic) bond motifs is 2. The van der Waals surface area contributed by atoms with Crippen LogP contribution in [0.2, 0.25) is 0 Å². The number of amides is 1. The first-order chi connectivity index (χ1) is 10.0. The first kappa shape index (κ1) is 14.6. The van der Waals surface area contributed by atoms with Crippen molar-refractivity contribution in [2.45, 2.75) is 64.1 Å². The average Bonchev–Trinajstić information content (AvgIpc) is 2.80. The summed E-state index contributed by atoms with van der Waals surface area (Å²) in [6.45, 7) is 4.22. The summed E-state index contributed by atoms with van der Waals surface area (Å²) in [7, 11) is 1.98. The van der Waals surface area contributed by atoms with Gasteiger partial charge in [-0.15, -0.1) is 0 Å². The normalized spacial score (nSPS) is 27.7. The molecule has 0 radical (unpaired) electrons. The third kappa shape index (κ3) is 3.13. The van der Waals surface area contributed by atoms with Gasteiger partial charge in [0.05, 0.1) is 6.42 Å². The second kappa shape index (κ2) is 5.80. The summed E-state index contributed by atoms with van der Waals surface area (Å²) in [6, 6.07) is 8.02. The number of aryl methyl sites for hydroxylation is 2. The van der Waals surface area contributed by atoms with E-state index in [0.29, 0.717) is 24.5 Å². The molecular weight excluding hydrogens is 260 g/mol. The summed E-state index contributed by atoms with van der Waals surface area (Å²) in [4.78, 5) is 14.5. The van der Waals surface area contributed by atoms with Crippen molar-refractivity contribution in [3.8, 4) is 0 Å². The van der Waals surface area contributed by atoms with E-state index in [0.717, 1.165) is 18.4 Å². The van der Waals surface area contributed by atoms with Gasteiger partial charge in [0.25, 0.3) is 0 Å². The lowest BCUT2D eigenvalue weighted by atomic mass is 9.97. The van der Waals surface area contributed by atoms with Crippen LogP contribution in [-0.4, -0.2) is 36.0 Å². The minimum Gasteiger partial charge on any atom is -0.342 e. The average molecular weight is 286 g/mol. The number of rotatable bonds is 3. The number of hydrogen-bond acceptors (Lipinski definition) is 2. The van der Waals surface area contributed by atoms with Gasteiger partial charge in [0.1, 0.15) is 0 Å². The van der Waals surface area contributed by atoms with E-state index in [-0.39, 0.29) is 5.91 Å². The highest BCUT2D eigenvalue weighted by atomic mass is 16.2. The Hall–Kier alpha value is -1.35. The van der Waals surface area contributed by atoms with E-state index >= 15 is 0 Å². The molecule has 114 valence electrons. The van der Waals surface area contributed by atoms with Crippen molar-refractivity contribution in [3.05, 3.63) is 34.9 Å². The van der Waals surface area contributed by atoms with Gasteiger partial charge in [0.15, 0.2) is 0 Å². The predicted molar refractivity (Wildman–Crippen MR) is 85.4 cm³/mol. The molecule has 1 amide bonds. The largest absolute Gasteiger partial charge is 0.342 e. The Morgan fingerprint density at radius 3 is 2.48 bits per heavy atom. The lowest BCUT2D eigenvalue weighted by Crippen LogP contribution is -2.49. The van der Waals surface area contributed by atoms with Crippen LogP contribution in [0.4, 0.5) is 0 Å². The fourth-order valence-electron chi connectivity index (χ4n) is 3.76. The van der Waals surface area contributed by atoms with Crippen LogP contribution in [0.25, 0.3) is 0 Å². The van der Waals surface area contributed by atoms with Crippen molar-refractivity contribution < 1.29 is 4.79 Å². The van der Waals surface area contributed by atoms with Gasteiger partial charge < -0.3 is 10.2 Å². The molecule has 2 aliphatic rings. The Balaban J connectivity index is 1.63. The molecule has 3 heteroatoms. The standard InChI is InChI=1S/C18H26N2O/c1-12-4-5-14(8-13(12)2)9-18(21)20(3)17-10-15-6-7-16(11-17)19-15/h4-5,8,15-17,19H,6-7,9-11H2,1-3H3. The SMILES string of the molecule is Cc1ccc(CC(=O)N(C)C2CC3CCC(C2)N3)cc1C. The van der Waals surface area contributed by atoms with Gasteiger partial charge >= 0.3 is 0 Å². The van der Waals surface area contributed by atoms with Crippen LogP contribution in [0.15, 0.2) is 18.2 Å². The fourth-order valence-corrected chi connectivity index (χ4v) is 3.76. The Morgan fingerprint density at radius 2 is 1.86 bits per heavy atom. The van der Waals surface area contributed by atoms with E-state index in [1.54, 1.807) is 0 Å². The second-order valence-electron chi connectivity index (χ2n) is 6.86. The van der Waals surface area contributed by atoms with E-state index in [2.05, 4.69) is 37.4 Å². The molecule has 1 N–H and O–H groups in total. The van der Waals surface area contributed by atoms with Crippen LogP contribution >= 0.6 is 0 Å². The molecule has 2 unspecified atom stereocenters. The predicted octanol–water partition coefficient (Wildman–Crippen LogP) is 2.59. The third-order valence-corrected chi connectivity index (χ3v) is 5.32. The molecule has 0 aromatic heterocycles. The number of hydrogen-bond donors (Lipinski definition) is 1. The summed E-state index contributed by atoms with van der Waals surface area (Å²) in [6.07, 6.45) is 5.31. The number of piperidine rings is 1. The number of likely N-dealkylation sites (N-methyl/N-ethyl adjacent to an activating group) is 1. The number of benzene rings is 1. The summed E-state index contributed by atoms with van der Waals surface area (Å²) in [5.74, 6) is 0.254. The summed E-state index contributed by atoms with van der Waals surface area (Å²) in [5, 5.41) is 3.64. The molecule has 3 rings (SSSR count). The van der Waals surface area contributed by atoms with Crippen molar-refractivity contribution in [3.63, 3.8) is 0 Å². The zero-order valence-corrected chi connectivity index (χ0v) is 13.4. The highest BCUT2D eigenvalue weighted by Gasteiger charge is 2.36. The van der Waals surface area contributed by atoms with Crippen LogP contribution in [0.5, 0.6) is 0 Å².